The van der Waals surface area contributed by atoms with Gasteiger partial charge in [-0.3, -0.25) is 4.79 Å². The van der Waals surface area contributed by atoms with Gasteiger partial charge < -0.3 is 9.47 Å². The summed E-state index contributed by atoms with van der Waals surface area (Å²) in [5.74, 6) is 0.654. The van der Waals surface area contributed by atoms with Crippen LogP contribution in [0.15, 0.2) is 24.3 Å². The molecule has 0 aromatic heterocycles. The Morgan fingerprint density at radius 3 is 2.44 bits per heavy atom. The Labute approximate surface area is 96.4 Å². The van der Waals surface area contributed by atoms with E-state index in [1.165, 1.54) is 0 Å². The Bertz CT molecular complexity index is 330. The number of carbonyl (C=O) groups excluding carboxylic acids is 1. The van der Waals surface area contributed by atoms with E-state index in [2.05, 4.69) is 0 Å². The van der Waals surface area contributed by atoms with E-state index in [-0.39, 0.29) is 12.1 Å². The van der Waals surface area contributed by atoms with Gasteiger partial charge in [0, 0.05) is 6.42 Å². The highest BCUT2D eigenvalue weighted by atomic mass is 16.5. The summed E-state index contributed by atoms with van der Waals surface area (Å²) < 4.78 is 10.3. The second kappa shape index (κ2) is 6.16. The Hall–Kier alpha value is -1.51. The maximum Gasteiger partial charge on any atom is 0.306 e. The molecule has 3 nitrogen and oxygen atoms in total. The van der Waals surface area contributed by atoms with Crippen LogP contribution >= 0.6 is 0 Å². The molecule has 0 fully saturated rings. The van der Waals surface area contributed by atoms with Crippen molar-refractivity contribution < 1.29 is 14.3 Å². The second-order valence-electron chi connectivity index (χ2n) is 3.66. The van der Waals surface area contributed by atoms with Gasteiger partial charge in [0.05, 0.1) is 7.11 Å². The fourth-order valence-corrected chi connectivity index (χ4v) is 1.40. The second-order valence-corrected chi connectivity index (χ2v) is 3.66. The topological polar surface area (TPSA) is 35.5 Å². The zero-order chi connectivity index (χ0) is 12.0. The van der Waals surface area contributed by atoms with Crippen molar-refractivity contribution in [3.8, 4) is 5.75 Å². The highest BCUT2D eigenvalue weighted by Gasteiger charge is 2.10. The molecule has 3 heteroatoms. The molecule has 0 heterocycles. The maximum absolute atomic E-state index is 11.3. The van der Waals surface area contributed by atoms with Crippen molar-refractivity contribution in [1.29, 1.82) is 0 Å². The van der Waals surface area contributed by atoms with E-state index in [0.29, 0.717) is 6.42 Å². The first kappa shape index (κ1) is 12.6. The van der Waals surface area contributed by atoms with Crippen LogP contribution < -0.4 is 4.74 Å². The Morgan fingerprint density at radius 1 is 1.31 bits per heavy atom. The summed E-state index contributed by atoms with van der Waals surface area (Å²) >= 11 is 0. The van der Waals surface area contributed by atoms with Crippen molar-refractivity contribution in [2.75, 3.05) is 7.11 Å². The van der Waals surface area contributed by atoms with Crippen molar-refractivity contribution in [3.05, 3.63) is 29.8 Å². The normalized spacial score (nSPS) is 11.9. The van der Waals surface area contributed by atoms with Crippen molar-refractivity contribution in [3.63, 3.8) is 0 Å². The summed E-state index contributed by atoms with van der Waals surface area (Å²) in [5, 5.41) is 0. The molecule has 0 radical (unpaired) electrons. The van der Waals surface area contributed by atoms with Crippen LogP contribution in [0.3, 0.4) is 0 Å². The molecule has 0 aliphatic heterocycles. The van der Waals surface area contributed by atoms with Crippen LogP contribution in [0.2, 0.25) is 0 Å². The zero-order valence-electron chi connectivity index (χ0n) is 10.0. The van der Waals surface area contributed by atoms with Crippen LogP contribution in [0.5, 0.6) is 5.75 Å². The van der Waals surface area contributed by atoms with Gasteiger partial charge in [0.1, 0.15) is 11.9 Å². The molecule has 0 saturated carbocycles. The van der Waals surface area contributed by atoms with Crippen LogP contribution in [0.25, 0.3) is 0 Å². The quantitative estimate of drug-likeness (QED) is 0.718. The van der Waals surface area contributed by atoms with Gasteiger partial charge in [-0.05, 0) is 31.0 Å². The summed E-state index contributed by atoms with van der Waals surface area (Å²) in [6.45, 7) is 3.83. The third-order valence-corrected chi connectivity index (χ3v) is 2.35. The fourth-order valence-electron chi connectivity index (χ4n) is 1.40. The van der Waals surface area contributed by atoms with E-state index >= 15 is 0 Å². The molecular formula is C13H18O3. The van der Waals surface area contributed by atoms with Crippen molar-refractivity contribution in [2.45, 2.75) is 32.8 Å². The lowest BCUT2D eigenvalue weighted by Gasteiger charge is -2.13. The zero-order valence-corrected chi connectivity index (χ0v) is 10.0. The average molecular weight is 222 g/mol. The summed E-state index contributed by atoms with van der Waals surface area (Å²) in [7, 11) is 1.62. The minimum Gasteiger partial charge on any atom is -0.497 e. The molecule has 0 aliphatic rings. The lowest BCUT2D eigenvalue weighted by Crippen LogP contribution is -2.08. The van der Waals surface area contributed by atoms with Gasteiger partial charge >= 0.3 is 5.97 Å². The van der Waals surface area contributed by atoms with Crippen LogP contribution in [-0.2, 0) is 9.53 Å². The molecular weight excluding hydrogens is 204 g/mol. The van der Waals surface area contributed by atoms with Gasteiger partial charge in [0.25, 0.3) is 0 Å². The van der Waals surface area contributed by atoms with E-state index in [0.717, 1.165) is 17.7 Å². The van der Waals surface area contributed by atoms with Crippen LogP contribution in [0.4, 0.5) is 0 Å². The fraction of sp³-hybridized carbons (Fsp3) is 0.462. The van der Waals surface area contributed by atoms with Gasteiger partial charge in [-0.25, -0.2) is 0 Å². The molecule has 0 spiro atoms. The van der Waals surface area contributed by atoms with Gasteiger partial charge in [-0.15, -0.1) is 0 Å². The third-order valence-electron chi connectivity index (χ3n) is 2.35. The largest absolute Gasteiger partial charge is 0.497 e. The highest BCUT2D eigenvalue weighted by molar-refractivity contribution is 5.69. The smallest absolute Gasteiger partial charge is 0.306 e. The van der Waals surface area contributed by atoms with E-state index in [4.69, 9.17) is 9.47 Å². The Balaban J connectivity index is 2.58. The van der Waals surface area contributed by atoms with Crippen molar-refractivity contribution in [2.24, 2.45) is 0 Å². The summed E-state index contributed by atoms with van der Waals surface area (Å²) in [4.78, 5) is 11.3. The molecule has 0 saturated heterocycles. The molecule has 0 unspecified atom stereocenters. The number of rotatable bonds is 5. The monoisotopic (exact) mass is 222 g/mol. The lowest BCUT2D eigenvalue weighted by molar-refractivity contribution is -0.148. The number of carbonyl (C=O) groups is 1. The van der Waals surface area contributed by atoms with Crippen LogP contribution in [0.1, 0.15) is 38.4 Å². The minimum atomic E-state index is -0.204. The first-order valence-electron chi connectivity index (χ1n) is 5.50. The molecule has 0 bridgehead atoms. The van der Waals surface area contributed by atoms with Crippen LogP contribution in [-0.4, -0.2) is 13.1 Å². The average Bonchev–Trinajstić information content (AvgIpc) is 2.29. The summed E-state index contributed by atoms with van der Waals surface area (Å²) in [5.41, 5.74) is 0.977. The highest BCUT2D eigenvalue weighted by Crippen LogP contribution is 2.20. The van der Waals surface area contributed by atoms with E-state index in [1.54, 1.807) is 7.11 Å². The lowest BCUT2D eigenvalue weighted by atomic mass is 10.1. The number of hydrogen-bond donors (Lipinski definition) is 0. The molecule has 0 aliphatic carbocycles. The molecule has 16 heavy (non-hydrogen) atoms. The number of benzene rings is 1. The number of hydrogen-bond acceptors (Lipinski definition) is 3. The van der Waals surface area contributed by atoms with E-state index in [9.17, 15) is 4.79 Å². The van der Waals surface area contributed by atoms with Crippen molar-refractivity contribution in [1.82, 2.24) is 0 Å². The number of esters is 1. The summed E-state index contributed by atoms with van der Waals surface area (Å²) in [6.07, 6.45) is 1.08. The molecule has 1 aromatic carbocycles. The Morgan fingerprint density at radius 2 is 1.94 bits per heavy atom. The molecule has 0 amide bonds. The molecule has 0 N–H and O–H groups in total. The maximum atomic E-state index is 11.3. The third kappa shape index (κ3) is 3.57. The number of ether oxygens (including phenoxy) is 2. The minimum absolute atomic E-state index is 0.147. The SMILES string of the molecule is CCCC(=O)O[C@H](C)c1ccc(OC)cc1. The molecule has 1 aromatic rings. The van der Waals surface area contributed by atoms with Gasteiger partial charge in [0.15, 0.2) is 0 Å². The van der Waals surface area contributed by atoms with E-state index < -0.39 is 0 Å². The molecule has 88 valence electrons. The van der Waals surface area contributed by atoms with Gasteiger partial charge in [0.2, 0.25) is 0 Å². The van der Waals surface area contributed by atoms with E-state index in [1.807, 2.05) is 38.1 Å². The predicted octanol–water partition coefficient (Wildman–Crippen LogP) is 3.10. The molecule has 1 atom stereocenters. The Kier molecular flexibility index (Phi) is 4.83. The standard InChI is InChI=1S/C13H18O3/c1-4-5-13(14)16-10(2)11-6-8-12(15-3)9-7-11/h6-10H,4-5H2,1-3H3/t10-/m1/s1. The predicted molar refractivity (Wildman–Crippen MR) is 62.4 cm³/mol. The first-order chi connectivity index (χ1) is 7.67. The number of methoxy groups -OCH3 is 1. The van der Waals surface area contributed by atoms with Gasteiger partial charge in [-0.1, -0.05) is 19.1 Å². The van der Waals surface area contributed by atoms with Gasteiger partial charge in [-0.2, -0.15) is 0 Å². The molecule has 1 rings (SSSR count). The first-order valence-corrected chi connectivity index (χ1v) is 5.50. The van der Waals surface area contributed by atoms with Crippen molar-refractivity contribution >= 4 is 5.97 Å². The van der Waals surface area contributed by atoms with Crippen LogP contribution in [0, 0.1) is 0 Å². The summed E-state index contributed by atoms with van der Waals surface area (Å²) in [6, 6.07) is 7.53.